The summed E-state index contributed by atoms with van der Waals surface area (Å²) in [5, 5.41) is 5.92. The summed E-state index contributed by atoms with van der Waals surface area (Å²) in [4.78, 5) is 0. The van der Waals surface area contributed by atoms with Gasteiger partial charge in [0.15, 0.2) is 0 Å². The van der Waals surface area contributed by atoms with E-state index in [0.717, 1.165) is 19.6 Å². The molecule has 1 unspecified atom stereocenters. The summed E-state index contributed by atoms with van der Waals surface area (Å²) >= 11 is 0. The van der Waals surface area contributed by atoms with Gasteiger partial charge in [-0.3, -0.25) is 0 Å². The van der Waals surface area contributed by atoms with E-state index in [9.17, 15) is 0 Å². The van der Waals surface area contributed by atoms with Crippen LogP contribution in [-0.2, 0) is 4.74 Å². The Bertz CT molecular complexity index is 524. The average Bonchev–Trinajstić information content (AvgIpc) is 2.50. The highest BCUT2D eigenvalue weighted by atomic mass is 16.5. The van der Waals surface area contributed by atoms with Crippen LogP contribution in [0.25, 0.3) is 10.8 Å². The first-order chi connectivity index (χ1) is 9.85. The van der Waals surface area contributed by atoms with Crippen molar-refractivity contribution in [2.75, 3.05) is 20.3 Å². The number of benzene rings is 2. The first kappa shape index (κ1) is 15.0. The molecule has 2 aromatic rings. The molecule has 108 valence electrons. The Morgan fingerprint density at radius 1 is 1.05 bits per heavy atom. The van der Waals surface area contributed by atoms with Crippen LogP contribution in [0.5, 0.6) is 0 Å². The van der Waals surface area contributed by atoms with Gasteiger partial charge in [0.1, 0.15) is 0 Å². The Morgan fingerprint density at radius 3 is 2.60 bits per heavy atom. The molecule has 2 aromatic carbocycles. The predicted molar refractivity (Wildman–Crippen MR) is 86.1 cm³/mol. The average molecular weight is 271 g/mol. The van der Waals surface area contributed by atoms with Gasteiger partial charge in [-0.25, -0.2) is 0 Å². The van der Waals surface area contributed by atoms with Gasteiger partial charge in [-0.05, 0) is 35.9 Å². The Hall–Kier alpha value is -1.38. The molecule has 0 aliphatic carbocycles. The number of hydrogen-bond acceptors (Lipinski definition) is 2. The molecule has 0 saturated heterocycles. The molecule has 0 bridgehead atoms. The zero-order valence-corrected chi connectivity index (χ0v) is 12.6. The van der Waals surface area contributed by atoms with E-state index in [2.05, 4.69) is 54.7 Å². The van der Waals surface area contributed by atoms with Crippen LogP contribution in [0.4, 0.5) is 0 Å². The van der Waals surface area contributed by atoms with E-state index in [-0.39, 0.29) is 6.04 Å². The van der Waals surface area contributed by atoms with Gasteiger partial charge in [-0.15, -0.1) is 0 Å². The number of ether oxygens (including phenoxy) is 1. The largest absolute Gasteiger partial charge is 0.379 e. The zero-order chi connectivity index (χ0) is 14.2. The van der Waals surface area contributed by atoms with Crippen molar-refractivity contribution in [3.05, 3.63) is 48.0 Å². The Kier molecular flexibility index (Phi) is 6.03. The van der Waals surface area contributed by atoms with Crippen molar-refractivity contribution >= 4 is 10.8 Å². The van der Waals surface area contributed by atoms with Gasteiger partial charge < -0.3 is 10.1 Å². The fourth-order valence-corrected chi connectivity index (χ4v) is 2.43. The third kappa shape index (κ3) is 4.06. The van der Waals surface area contributed by atoms with Gasteiger partial charge in [-0.1, -0.05) is 56.2 Å². The van der Waals surface area contributed by atoms with Gasteiger partial charge in [0.2, 0.25) is 0 Å². The van der Waals surface area contributed by atoms with E-state index >= 15 is 0 Å². The van der Waals surface area contributed by atoms with Crippen molar-refractivity contribution < 1.29 is 4.74 Å². The Labute approximate surface area is 122 Å². The van der Waals surface area contributed by atoms with Gasteiger partial charge >= 0.3 is 0 Å². The molecule has 2 heteroatoms. The quantitative estimate of drug-likeness (QED) is 0.722. The molecule has 1 N–H and O–H groups in total. The van der Waals surface area contributed by atoms with E-state index in [4.69, 9.17) is 4.74 Å². The van der Waals surface area contributed by atoms with E-state index in [1.54, 1.807) is 0 Å². The van der Waals surface area contributed by atoms with Crippen LogP contribution in [0.3, 0.4) is 0 Å². The smallest absolute Gasteiger partial charge is 0.0661 e. The van der Waals surface area contributed by atoms with Crippen LogP contribution in [-0.4, -0.2) is 20.3 Å². The highest BCUT2D eigenvalue weighted by Crippen LogP contribution is 2.20. The van der Waals surface area contributed by atoms with E-state index in [0.29, 0.717) is 0 Å². The summed E-state index contributed by atoms with van der Waals surface area (Å²) in [6, 6.07) is 15.4. The Balaban J connectivity index is 1.98. The molecule has 0 aromatic heterocycles. The highest BCUT2D eigenvalue weighted by molar-refractivity contribution is 5.83. The van der Waals surface area contributed by atoms with Crippen LogP contribution >= 0.6 is 0 Å². The lowest BCUT2D eigenvalue weighted by molar-refractivity contribution is 0.110. The lowest BCUT2D eigenvalue weighted by Crippen LogP contribution is -2.22. The number of nitrogens with one attached hydrogen (secondary N) is 1. The lowest BCUT2D eigenvalue weighted by Gasteiger charge is -2.17. The van der Waals surface area contributed by atoms with E-state index in [1.807, 2.05) is 7.05 Å². The van der Waals surface area contributed by atoms with Crippen molar-refractivity contribution in [1.29, 1.82) is 0 Å². The van der Waals surface area contributed by atoms with E-state index in [1.165, 1.54) is 29.2 Å². The summed E-state index contributed by atoms with van der Waals surface area (Å²) < 4.78 is 5.79. The number of rotatable bonds is 8. The van der Waals surface area contributed by atoms with Gasteiger partial charge in [0, 0.05) is 6.61 Å². The van der Waals surface area contributed by atoms with Crippen LogP contribution < -0.4 is 5.32 Å². The molecule has 0 heterocycles. The molecule has 0 saturated carbocycles. The van der Waals surface area contributed by atoms with Crippen molar-refractivity contribution in [2.45, 2.75) is 32.2 Å². The second-order valence-electron chi connectivity index (χ2n) is 5.23. The second kappa shape index (κ2) is 8.03. The first-order valence-electron chi connectivity index (χ1n) is 7.59. The summed E-state index contributed by atoms with van der Waals surface area (Å²) in [6.07, 6.45) is 3.65. The second-order valence-corrected chi connectivity index (χ2v) is 5.23. The monoisotopic (exact) mass is 271 g/mol. The molecule has 0 amide bonds. The first-order valence-corrected chi connectivity index (χ1v) is 7.59. The number of unbranched alkanes of at least 4 members (excludes halogenated alkanes) is 2. The van der Waals surface area contributed by atoms with Crippen LogP contribution in [0.15, 0.2) is 42.5 Å². The molecule has 1 atom stereocenters. The maximum atomic E-state index is 5.79. The topological polar surface area (TPSA) is 21.3 Å². The Morgan fingerprint density at radius 2 is 1.85 bits per heavy atom. The number of likely N-dealkylation sites (N-methyl/N-ethyl adjacent to an activating group) is 1. The standard InChI is InChI=1S/C18H25NO/c1-3-4-7-12-20-14-18(19-2)17-11-10-15-8-5-6-9-16(15)13-17/h5-6,8-11,13,18-19H,3-4,7,12,14H2,1-2H3. The predicted octanol–water partition coefficient (Wildman–Crippen LogP) is 4.31. The summed E-state index contributed by atoms with van der Waals surface area (Å²) in [5.74, 6) is 0. The van der Waals surface area contributed by atoms with Crippen molar-refractivity contribution in [3.8, 4) is 0 Å². The van der Waals surface area contributed by atoms with Crippen molar-refractivity contribution in [3.63, 3.8) is 0 Å². The van der Waals surface area contributed by atoms with Crippen molar-refractivity contribution in [2.24, 2.45) is 0 Å². The minimum Gasteiger partial charge on any atom is -0.379 e. The minimum absolute atomic E-state index is 0.265. The maximum absolute atomic E-state index is 5.79. The summed E-state index contributed by atoms with van der Waals surface area (Å²) in [7, 11) is 2.00. The van der Waals surface area contributed by atoms with Gasteiger partial charge in [0.25, 0.3) is 0 Å². The third-order valence-corrected chi connectivity index (χ3v) is 3.70. The van der Waals surface area contributed by atoms with Gasteiger partial charge in [0.05, 0.1) is 12.6 Å². The highest BCUT2D eigenvalue weighted by Gasteiger charge is 2.09. The zero-order valence-electron chi connectivity index (χ0n) is 12.6. The molecule has 0 aliphatic rings. The number of hydrogen-bond donors (Lipinski definition) is 1. The SMILES string of the molecule is CCCCCOCC(NC)c1ccc2ccccc2c1. The molecule has 0 aliphatic heterocycles. The molecular weight excluding hydrogens is 246 g/mol. The summed E-state index contributed by atoms with van der Waals surface area (Å²) in [5.41, 5.74) is 1.29. The van der Waals surface area contributed by atoms with Crippen LogP contribution in [0.2, 0.25) is 0 Å². The minimum atomic E-state index is 0.265. The molecule has 0 radical (unpaired) electrons. The fraction of sp³-hybridized carbons (Fsp3) is 0.444. The molecule has 0 spiro atoms. The lowest BCUT2D eigenvalue weighted by atomic mass is 10.0. The molecule has 2 nitrogen and oxygen atoms in total. The number of fused-ring (bicyclic) bond motifs is 1. The van der Waals surface area contributed by atoms with Gasteiger partial charge in [-0.2, -0.15) is 0 Å². The molecule has 2 rings (SSSR count). The fourth-order valence-electron chi connectivity index (χ4n) is 2.43. The molecular formula is C18H25NO. The van der Waals surface area contributed by atoms with Crippen LogP contribution in [0, 0.1) is 0 Å². The van der Waals surface area contributed by atoms with Crippen LogP contribution in [0.1, 0.15) is 37.8 Å². The summed E-state index contributed by atoms with van der Waals surface area (Å²) in [6.45, 7) is 3.81. The normalized spacial score (nSPS) is 12.7. The van der Waals surface area contributed by atoms with Crippen molar-refractivity contribution in [1.82, 2.24) is 5.32 Å². The third-order valence-electron chi connectivity index (χ3n) is 3.70. The molecule has 0 fully saturated rings. The molecule has 20 heavy (non-hydrogen) atoms. The van der Waals surface area contributed by atoms with E-state index < -0.39 is 0 Å². The maximum Gasteiger partial charge on any atom is 0.0661 e.